The van der Waals surface area contributed by atoms with Crippen LogP contribution in [0.15, 0.2) is 42.5 Å². The van der Waals surface area contributed by atoms with E-state index >= 15 is 0 Å². The number of unbranched alkanes of at least 4 members (excludes halogenated alkanes) is 1. The molecule has 0 aromatic heterocycles. The molecule has 0 heterocycles. The molecule has 4 nitrogen and oxygen atoms in total. The van der Waals surface area contributed by atoms with E-state index in [0.717, 1.165) is 12.0 Å². The van der Waals surface area contributed by atoms with Crippen LogP contribution in [-0.2, 0) is 22.4 Å². The van der Waals surface area contributed by atoms with Gasteiger partial charge in [0, 0.05) is 12.6 Å². The summed E-state index contributed by atoms with van der Waals surface area (Å²) in [5.74, 6) is -0.300. The monoisotopic (exact) mass is 358 g/mol. The average Bonchev–Trinajstić information content (AvgIpc) is 2.56. The molecule has 0 aliphatic heterocycles. The number of amides is 2. The molecule has 0 fully saturated rings. The summed E-state index contributed by atoms with van der Waals surface area (Å²) in [7, 11) is 0. The highest BCUT2D eigenvalue weighted by Crippen LogP contribution is 2.25. The van der Waals surface area contributed by atoms with E-state index in [1.807, 2.05) is 12.1 Å². The maximum Gasteiger partial charge on any atom is 0.228 e. The van der Waals surface area contributed by atoms with Crippen LogP contribution in [0.4, 0.5) is 11.4 Å². The SMILES string of the molecule is CCCCc1ccc(CC(=O)Nc2ccc(NC(C)=O)c(Cl)c2)cc1. The minimum atomic E-state index is -0.193. The molecule has 0 bridgehead atoms. The zero-order valence-electron chi connectivity index (χ0n) is 14.6. The predicted molar refractivity (Wildman–Crippen MR) is 103 cm³/mol. The van der Waals surface area contributed by atoms with Gasteiger partial charge in [0.15, 0.2) is 0 Å². The van der Waals surface area contributed by atoms with Crippen molar-refractivity contribution in [3.8, 4) is 0 Å². The van der Waals surface area contributed by atoms with Gasteiger partial charge in [0.05, 0.1) is 17.1 Å². The Hall–Kier alpha value is -2.33. The van der Waals surface area contributed by atoms with Crippen molar-refractivity contribution in [2.24, 2.45) is 0 Å². The van der Waals surface area contributed by atoms with Crippen LogP contribution in [0.5, 0.6) is 0 Å². The quantitative estimate of drug-likeness (QED) is 0.745. The van der Waals surface area contributed by atoms with Crippen LogP contribution in [-0.4, -0.2) is 11.8 Å². The second-order valence-corrected chi connectivity index (χ2v) is 6.43. The fourth-order valence-electron chi connectivity index (χ4n) is 2.48. The van der Waals surface area contributed by atoms with Gasteiger partial charge >= 0.3 is 0 Å². The van der Waals surface area contributed by atoms with E-state index in [2.05, 4.69) is 29.7 Å². The Kier molecular flexibility index (Phi) is 7.02. The van der Waals surface area contributed by atoms with Gasteiger partial charge < -0.3 is 10.6 Å². The fraction of sp³-hybridized carbons (Fsp3) is 0.300. The minimum Gasteiger partial charge on any atom is -0.326 e. The second-order valence-electron chi connectivity index (χ2n) is 6.02. The maximum absolute atomic E-state index is 12.2. The van der Waals surface area contributed by atoms with Gasteiger partial charge in [0.25, 0.3) is 0 Å². The molecule has 0 saturated heterocycles. The number of nitrogens with one attached hydrogen (secondary N) is 2. The van der Waals surface area contributed by atoms with E-state index in [9.17, 15) is 9.59 Å². The smallest absolute Gasteiger partial charge is 0.228 e. The second kappa shape index (κ2) is 9.23. The van der Waals surface area contributed by atoms with Crippen molar-refractivity contribution in [1.29, 1.82) is 0 Å². The summed E-state index contributed by atoms with van der Waals surface area (Å²) < 4.78 is 0. The Morgan fingerprint density at radius 1 is 1.00 bits per heavy atom. The molecule has 2 amide bonds. The summed E-state index contributed by atoms with van der Waals surface area (Å²) in [6, 6.07) is 13.2. The summed E-state index contributed by atoms with van der Waals surface area (Å²) in [4.78, 5) is 23.3. The highest BCUT2D eigenvalue weighted by Gasteiger charge is 2.07. The van der Waals surface area contributed by atoms with Gasteiger partial charge in [-0.2, -0.15) is 0 Å². The molecule has 0 unspecified atom stereocenters. The van der Waals surface area contributed by atoms with E-state index < -0.39 is 0 Å². The van der Waals surface area contributed by atoms with E-state index in [1.54, 1.807) is 18.2 Å². The number of rotatable bonds is 7. The third kappa shape index (κ3) is 6.24. The molecule has 2 rings (SSSR count). The van der Waals surface area contributed by atoms with Gasteiger partial charge in [0.2, 0.25) is 11.8 Å². The normalized spacial score (nSPS) is 10.4. The zero-order valence-corrected chi connectivity index (χ0v) is 15.3. The maximum atomic E-state index is 12.2. The first-order chi connectivity index (χ1) is 12.0. The summed E-state index contributed by atoms with van der Waals surface area (Å²) in [5.41, 5.74) is 3.39. The highest BCUT2D eigenvalue weighted by atomic mass is 35.5. The largest absolute Gasteiger partial charge is 0.326 e. The van der Waals surface area contributed by atoms with Crippen molar-refractivity contribution in [2.45, 2.75) is 39.5 Å². The standard InChI is InChI=1S/C20H23ClN2O2/c1-3-4-5-15-6-8-16(9-7-15)12-20(25)23-17-10-11-19(18(21)13-17)22-14(2)24/h6-11,13H,3-5,12H2,1-2H3,(H,22,24)(H,23,25). The molecule has 25 heavy (non-hydrogen) atoms. The van der Waals surface area contributed by atoms with Crippen LogP contribution >= 0.6 is 11.6 Å². The Labute approximate surface area is 153 Å². The molecule has 0 spiro atoms. The van der Waals surface area contributed by atoms with Crippen LogP contribution in [0.2, 0.25) is 5.02 Å². The van der Waals surface area contributed by atoms with Crippen molar-refractivity contribution in [2.75, 3.05) is 10.6 Å². The van der Waals surface area contributed by atoms with E-state index in [4.69, 9.17) is 11.6 Å². The number of carbonyl (C=O) groups excluding carboxylic acids is 2. The first-order valence-electron chi connectivity index (χ1n) is 8.42. The molecule has 0 saturated carbocycles. The number of halogens is 1. The summed E-state index contributed by atoms with van der Waals surface area (Å²) >= 11 is 6.11. The summed E-state index contributed by atoms with van der Waals surface area (Å²) in [6.07, 6.45) is 3.73. The Morgan fingerprint density at radius 2 is 1.68 bits per heavy atom. The Bertz CT molecular complexity index is 742. The minimum absolute atomic E-state index is 0.107. The lowest BCUT2D eigenvalue weighted by Crippen LogP contribution is -2.14. The summed E-state index contributed by atoms with van der Waals surface area (Å²) in [6.45, 7) is 3.59. The number of carbonyl (C=O) groups is 2. The molecule has 132 valence electrons. The van der Waals surface area contributed by atoms with Gasteiger partial charge in [0.1, 0.15) is 0 Å². The Balaban J connectivity index is 1.93. The number of benzene rings is 2. The third-order valence-corrected chi connectivity index (χ3v) is 4.08. The molecule has 2 aromatic rings. The van der Waals surface area contributed by atoms with E-state index in [1.165, 1.54) is 25.3 Å². The van der Waals surface area contributed by atoms with Gasteiger partial charge in [-0.3, -0.25) is 9.59 Å². The van der Waals surface area contributed by atoms with Crippen molar-refractivity contribution < 1.29 is 9.59 Å². The van der Waals surface area contributed by atoms with E-state index in [0.29, 0.717) is 22.8 Å². The zero-order chi connectivity index (χ0) is 18.2. The average molecular weight is 359 g/mol. The van der Waals surface area contributed by atoms with Crippen LogP contribution < -0.4 is 10.6 Å². The van der Waals surface area contributed by atoms with Crippen LogP contribution in [0, 0.1) is 0 Å². The van der Waals surface area contributed by atoms with Gasteiger partial charge in [-0.15, -0.1) is 0 Å². The molecule has 2 N–H and O–H groups in total. The first kappa shape index (κ1) is 19.0. The first-order valence-corrected chi connectivity index (χ1v) is 8.80. The molecule has 0 atom stereocenters. The number of hydrogen-bond donors (Lipinski definition) is 2. The Morgan fingerprint density at radius 3 is 2.28 bits per heavy atom. The van der Waals surface area contributed by atoms with Crippen molar-refractivity contribution >= 4 is 34.8 Å². The lowest BCUT2D eigenvalue weighted by atomic mass is 10.0. The van der Waals surface area contributed by atoms with Gasteiger partial charge in [-0.25, -0.2) is 0 Å². The summed E-state index contributed by atoms with van der Waals surface area (Å²) in [5, 5.41) is 5.84. The third-order valence-electron chi connectivity index (χ3n) is 3.77. The predicted octanol–water partition coefficient (Wildman–Crippen LogP) is 4.82. The molecular weight excluding hydrogens is 336 g/mol. The molecule has 0 aliphatic carbocycles. The van der Waals surface area contributed by atoms with Crippen LogP contribution in [0.1, 0.15) is 37.8 Å². The van der Waals surface area contributed by atoms with Gasteiger partial charge in [-0.1, -0.05) is 49.2 Å². The molecule has 0 radical (unpaired) electrons. The van der Waals surface area contributed by atoms with Crippen molar-refractivity contribution in [3.63, 3.8) is 0 Å². The molecular formula is C20H23ClN2O2. The lowest BCUT2D eigenvalue weighted by Gasteiger charge is -2.09. The molecule has 2 aromatic carbocycles. The lowest BCUT2D eigenvalue weighted by molar-refractivity contribution is -0.116. The molecule has 5 heteroatoms. The highest BCUT2D eigenvalue weighted by molar-refractivity contribution is 6.34. The molecule has 0 aliphatic rings. The number of aryl methyl sites for hydroxylation is 1. The van der Waals surface area contributed by atoms with Crippen molar-refractivity contribution in [1.82, 2.24) is 0 Å². The van der Waals surface area contributed by atoms with Crippen molar-refractivity contribution in [3.05, 3.63) is 58.6 Å². The van der Waals surface area contributed by atoms with Crippen LogP contribution in [0.25, 0.3) is 0 Å². The fourth-order valence-corrected chi connectivity index (χ4v) is 2.71. The van der Waals surface area contributed by atoms with Gasteiger partial charge in [-0.05, 0) is 42.2 Å². The number of hydrogen-bond acceptors (Lipinski definition) is 2. The van der Waals surface area contributed by atoms with E-state index in [-0.39, 0.29) is 11.8 Å². The van der Waals surface area contributed by atoms with Crippen LogP contribution in [0.3, 0.4) is 0 Å². The number of anilines is 2. The topological polar surface area (TPSA) is 58.2 Å².